The van der Waals surface area contributed by atoms with Gasteiger partial charge in [-0.25, -0.2) is 22.9 Å². The van der Waals surface area contributed by atoms with Gasteiger partial charge in [0.2, 0.25) is 5.91 Å². The monoisotopic (exact) mass is 489 g/mol. The van der Waals surface area contributed by atoms with Crippen LogP contribution in [0, 0.1) is 0 Å². The molecule has 2 amide bonds. The molecular formula is C24H31N3O6S. The summed E-state index contributed by atoms with van der Waals surface area (Å²) in [4.78, 5) is 38.8. The van der Waals surface area contributed by atoms with Gasteiger partial charge >= 0.3 is 5.97 Å². The van der Waals surface area contributed by atoms with Crippen molar-refractivity contribution < 1.29 is 27.9 Å². The van der Waals surface area contributed by atoms with Crippen LogP contribution in [0.2, 0.25) is 0 Å². The molecule has 1 aromatic heterocycles. The van der Waals surface area contributed by atoms with Crippen molar-refractivity contribution in [2.75, 3.05) is 6.54 Å². The number of carbonyl (C=O) groups is 3. The summed E-state index contributed by atoms with van der Waals surface area (Å²) in [6.45, 7) is 3.95. The molecule has 0 atom stereocenters. The molecule has 0 spiro atoms. The molecule has 0 fully saturated rings. The summed E-state index contributed by atoms with van der Waals surface area (Å²) in [5, 5.41) is 11.9. The zero-order valence-corrected chi connectivity index (χ0v) is 20.3. The van der Waals surface area contributed by atoms with Crippen LogP contribution in [0.3, 0.4) is 0 Å². The molecule has 0 aliphatic rings. The molecule has 0 unspecified atom stereocenters. The average Bonchev–Trinajstić information content (AvgIpc) is 2.78. The van der Waals surface area contributed by atoms with Crippen LogP contribution >= 0.6 is 0 Å². The number of carboxylic acids is 1. The van der Waals surface area contributed by atoms with E-state index in [2.05, 4.69) is 21.9 Å². The zero-order chi connectivity index (χ0) is 25.1. The van der Waals surface area contributed by atoms with E-state index in [1.165, 1.54) is 25.1 Å². The van der Waals surface area contributed by atoms with Crippen molar-refractivity contribution in [1.82, 2.24) is 15.0 Å². The lowest BCUT2D eigenvalue weighted by molar-refractivity contribution is -0.118. The molecule has 34 heavy (non-hydrogen) atoms. The van der Waals surface area contributed by atoms with Gasteiger partial charge in [-0.15, -0.1) is 0 Å². The van der Waals surface area contributed by atoms with Gasteiger partial charge in [0, 0.05) is 19.7 Å². The predicted octanol–water partition coefficient (Wildman–Crippen LogP) is 3.09. The highest BCUT2D eigenvalue weighted by molar-refractivity contribution is 7.90. The molecule has 184 valence electrons. The summed E-state index contributed by atoms with van der Waals surface area (Å²) in [7, 11) is -4.15. The Morgan fingerprint density at radius 3 is 2.29 bits per heavy atom. The molecule has 0 radical (unpaired) electrons. The first-order chi connectivity index (χ1) is 16.1. The molecule has 10 heteroatoms. The molecule has 2 rings (SSSR count). The number of aromatic carboxylic acids is 1. The summed E-state index contributed by atoms with van der Waals surface area (Å²) in [5.74, 6) is -2.22. The summed E-state index contributed by atoms with van der Waals surface area (Å²) in [6.07, 6.45) is 6.97. The number of unbranched alkanes of at least 4 members (excludes halogenated alkanes) is 4. The first-order valence-electron chi connectivity index (χ1n) is 11.3. The number of carboxylic acid groups (broad SMARTS) is 1. The van der Waals surface area contributed by atoms with E-state index in [9.17, 15) is 27.9 Å². The van der Waals surface area contributed by atoms with E-state index in [1.54, 1.807) is 12.1 Å². The normalized spacial score (nSPS) is 11.1. The summed E-state index contributed by atoms with van der Waals surface area (Å²) in [5.41, 5.74) is 1.12. The highest BCUT2D eigenvalue weighted by Crippen LogP contribution is 2.17. The fourth-order valence-corrected chi connectivity index (χ4v) is 4.36. The molecule has 0 saturated carbocycles. The molecule has 0 aliphatic heterocycles. The van der Waals surface area contributed by atoms with Crippen molar-refractivity contribution in [1.29, 1.82) is 0 Å². The van der Waals surface area contributed by atoms with Gasteiger partial charge in [-0.1, -0.05) is 44.7 Å². The molecular weight excluding hydrogens is 458 g/mol. The van der Waals surface area contributed by atoms with Crippen molar-refractivity contribution in [2.24, 2.45) is 0 Å². The van der Waals surface area contributed by atoms with E-state index in [0.717, 1.165) is 43.9 Å². The second kappa shape index (κ2) is 12.8. The number of aromatic nitrogens is 1. The number of pyridine rings is 1. The van der Waals surface area contributed by atoms with E-state index >= 15 is 0 Å². The Balaban J connectivity index is 2.14. The number of aryl methyl sites for hydroxylation is 1. The Labute approximate surface area is 200 Å². The van der Waals surface area contributed by atoms with Crippen LogP contribution in [-0.2, 0) is 27.7 Å². The number of hydrogen-bond donors (Lipinski definition) is 3. The van der Waals surface area contributed by atoms with Gasteiger partial charge in [0.15, 0.2) is 0 Å². The Bertz CT molecular complexity index is 1110. The minimum absolute atomic E-state index is 0.0380. The largest absolute Gasteiger partial charge is 0.477 e. The summed E-state index contributed by atoms with van der Waals surface area (Å²) >= 11 is 0. The van der Waals surface area contributed by atoms with E-state index in [4.69, 9.17) is 0 Å². The van der Waals surface area contributed by atoms with Crippen LogP contribution in [0.1, 0.15) is 77.9 Å². The van der Waals surface area contributed by atoms with E-state index in [-0.39, 0.29) is 22.1 Å². The number of sulfonamides is 1. The second-order valence-corrected chi connectivity index (χ2v) is 9.69. The topological polar surface area (TPSA) is 143 Å². The molecule has 3 N–H and O–H groups in total. The minimum atomic E-state index is -4.15. The molecule has 0 aliphatic carbocycles. The fourth-order valence-electron chi connectivity index (χ4n) is 3.40. The number of rotatable bonds is 13. The highest BCUT2D eigenvalue weighted by Gasteiger charge is 2.22. The Hall–Kier alpha value is -3.27. The van der Waals surface area contributed by atoms with Gasteiger partial charge in [-0.05, 0) is 48.6 Å². The van der Waals surface area contributed by atoms with Gasteiger partial charge in [0.1, 0.15) is 5.69 Å². The molecule has 9 nitrogen and oxygen atoms in total. The second-order valence-electron chi connectivity index (χ2n) is 8.01. The zero-order valence-electron chi connectivity index (χ0n) is 19.5. The standard InChI is InChI=1S/C24H31N3O6S/c1-3-4-5-6-7-8-19-15-22(24(30)31)26-16-21(19)23(29)27-34(32,33)20-11-9-18(10-12-20)13-14-25-17(2)28/h9-12,15-16H,3-8,13-14H2,1-2H3,(H,25,28)(H,27,29)(H,30,31). The number of nitrogens with one attached hydrogen (secondary N) is 2. The average molecular weight is 490 g/mol. The van der Waals surface area contributed by atoms with Gasteiger partial charge in [-0.3, -0.25) is 9.59 Å². The van der Waals surface area contributed by atoms with E-state index < -0.39 is 21.9 Å². The SMILES string of the molecule is CCCCCCCc1cc(C(=O)O)ncc1C(=O)NS(=O)(=O)c1ccc(CCNC(C)=O)cc1. The fraction of sp³-hybridized carbons (Fsp3) is 0.417. The van der Waals surface area contributed by atoms with Crippen LogP contribution in [0.4, 0.5) is 0 Å². The van der Waals surface area contributed by atoms with Gasteiger partial charge in [0.05, 0.1) is 10.5 Å². The number of amides is 2. The van der Waals surface area contributed by atoms with Crippen LogP contribution in [0.15, 0.2) is 41.4 Å². The Kier molecular flexibility index (Phi) is 10.2. The third kappa shape index (κ3) is 8.26. The van der Waals surface area contributed by atoms with E-state index in [0.29, 0.717) is 24.9 Å². The highest BCUT2D eigenvalue weighted by atomic mass is 32.2. The van der Waals surface area contributed by atoms with Gasteiger partial charge in [-0.2, -0.15) is 0 Å². The Morgan fingerprint density at radius 1 is 1.00 bits per heavy atom. The van der Waals surface area contributed by atoms with Gasteiger partial charge in [0.25, 0.3) is 15.9 Å². The van der Waals surface area contributed by atoms with Crippen molar-refractivity contribution in [2.45, 2.75) is 63.7 Å². The van der Waals surface area contributed by atoms with Crippen LogP contribution in [0.5, 0.6) is 0 Å². The first-order valence-corrected chi connectivity index (χ1v) is 12.7. The lowest BCUT2D eigenvalue weighted by atomic mass is 10.0. The molecule has 1 aromatic carbocycles. The number of benzene rings is 1. The smallest absolute Gasteiger partial charge is 0.354 e. The third-order valence-corrected chi connectivity index (χ3v) is 6.60. The lowest BCUT2D eigenvalue weighted by Crippen LogP contribution is -2.31. The Morgan fingerprint density at radius 2 is 1.68 bits per heavy atom. The summed E-state index contributed by atoms with van der Waals surface area (Å²) < 4.78 is 27.5. The number of nitrogens with zero attached hydrogens (tertiary/aromatic N) is 1. The maximum absolute atomic E-state index is 12.8. The molecule has 1 heterocycles. The van der Waals surface area contributed by atoms with E-state index in [1.807, 2.05) is 0 Å². The third-order valence-electron chi connectivity index (χ3n) is 5.25. The van der Waals surface area contributed by atoms with Crippen molar-refractivity contribution in [3.8, 4) is 0 Å². The summed E-state index contributed by atoms with van der Waals surface area (Å²) in [6, 6.07) is 7.34. The first kappa shape index (κ1) is 27.0. The predicted molar refractivity (Wildman–Crippen MR) is 127 cm³/mol. The maximum Gasteiger partial charge on any atom is 0.354 e. The maximum atomic E-state index is 12.8. The van der Waals surface area contributed by atoms with Crippen LogP contribution < -0.4 is 10.0 Å². The molecule has 0 bridgehead atoms. The van der Waals surface area contributed by atoms with Crippen molar-refractivity contribution >= 4 is 27.8 Å². The van der Waals surface area contributed by atoms with Crippen molar-refractivity contribution in [3.63, 3.8) is 0 Å². The lowest BCUT2D eigenvalue weighted by Gasteiger charge is -2.12. The number of hydrogen-bond acceptors (Lipinski definition) is 6. The number of carbonyl (C=O) groups excluding carboxylic acids is 2. The van der Waals surface area contributed by atoms with Crippen LogP contribution in [0.25, 0.3) is 0 Å². The quantitative estimate of drug-likeness (QED) is 0.367. The molecule has 0 saturated heterocycles. The molecule has 2 aromatic rings. The van der Waals surface area contributed by atoms with Crippen LogP contribution in [-0.4, -0.2) is 42.8 Å². The minimum Gasteiger partial charge on any atom is -0.477 e. The van der Waals surface area contributed by atoms with Crippen molar-refractivity contribution in [3.05, 3.63) is 58.9 Å². The van der Waals surface area contributed by atoms with Gasteiger partial charge < -0.3 is 10.4 Å².